The molecule has 170 valence electrons. The fraction of sp³-hybridized carbons (Fsp3) is 0.407. The Kier molecular flexibility index (Phi) is 5.57. The summed E-state index contributed by atoms with van der Waals surface area (Å²) in [6, 6.07) is 12.8. The van der Waals surface area contributed by atoms with Crippen LogP contribution in [0.4, 0.5) is 0 Å². The van der Waals surface area contributed by atoms with Crippen LogP contribution in [0.3, 0.4) is 0 Å². The molecule has 1 atom stereocenters. The highest BCUT2D eigenvalue weighted by atomic mass is 35.5. The van der Waals surface area contributed by atoms with Gasteiger partial charge >= 0.3 is 0 Å². The lowest BCUT2D eigenvalue weighted by atomic mass is 9.87. The molecule has 6 rings (SSSR count). The molecule has 2 aliphatic heterocycles. The molecule has 5 nitrogen and oxygen atoms in total. The van der Waals surface area contributed by atoms with E-state index in [1.54, 1.807) is 0 Å². The number of hydrogen-bond donors (Lipinski definition) is 0. The highest BCUT2D eigenvalue weighted by molar-refractivity contribution is 6.30. The number of benzene rings is 2. The van der Waals surface area contributed by atoms with Crippen molar-refractivity contribution in [1.82, 2.24) is 9.78 Å². The van der Waals surface area contributed by atoms with Crippen molar-refractivity contribution >= 4 is 33.3 Å². The van der Waals surface area contributed by atoms with Gasteiger partial charge in [-0.3, -0.25) is 0 Å². The van der Waals surface area contributed by atoms with E-state index in [-0.39, 0.29) is 6.23 Å². The number of pyridine rings is 1. The zero-order valence-electron chi connectivity index (χ0n) is 19.0. The van der Waals surface area contributed by atoms with Gasteiger partial charge in [0, 0.05) is 46.9 Å². The van der Waals surface area contributed by atoms with E-state index in [4.69, 9.17) is 26.2 Å². The summed E-state index contributed by atoms with van der Waals surface area (Å²) in [6.07, 6.45) is 9.70. The van der Waals surface area contributed by atoms with Gasteiger partial charge in [-0.15, -0.1) is 0 Å². The maximum atomic E-state index is 6.25. The van der Waals surface area contributed by atoms with E-state index in [2.05, 4.69) is 46.8 Å². The molecule has 0 amide bonds. The molecule has 0 bridgehead atoms. The zero-order valence-corrected chi connectivity index (χ0v) is 19.7. The standard InChI is InChI=1S/C27H29ClN3O2/c1-30-17-21-15-24-20(16-29-31(24)25-4-2-3-11-33-25)14-23(21)26(18-5-7-22(28)8-6-18)27(30)19-9-12-32-13-10-19/h5-8,14-17,19,25H,2-4,9-13H2,1H3/q+1. The van der Waals surface area contributed by atoms with Crippen LogP contribution in [0.25, 0.3) is 32.8 Å². The van der Waals surface area contributed by atoms with Crippen LogP contribution in [-0.4, -0.2) is 29.6 Å². The second-order valence-electron chi connectivity index (χ2n) is 9.30. The van der Waals surface area contributed by atoms with E-state index < -0.39 is 0 Å². The molecule has 4 heterocycles. The lowest BCUT2D eigenvalue weighted by Gasteiger charge is -2.24. The molecule has 2 aromatic heterocycles. The van der Waals surface area contributed by atoms with Gasteiger partial charge in [0.05, 0.1) is 17.3 Å². The van der Waals surface area contributed by atoms with Crippen molar-refractivity contribution < 1.29 is 14.0 Å². The normalized spacial score (nSPS) is 20.0. The van der Waals surface area contributed by atoms with Crippen molar-refractivity contribution in [3.05, 3.63) is 59.5 Å². The minimum absolute atomic E-state index is 0.0275. The van der Waals surface area contributed by atoms with Gasteiger partial charge in [-0.05, 0) is 61.9 Å². The molecule has 33 heavy (non-hydrogen) atoms. The third-order valence-corrected chi connectivity index (χ3v) is 7.43. The number of rotatable bonds is 3. The van der Waals surface area contributed by atoms with E-state index >= 15 is 0 Å². The predicted octanol–water partition coefficient (Wildman–Crippen LogP) is 5.93. The third-order valence-electron chi connectivity index (χ3n) is 7.17. The first kappa shape index (κ1) is 21.1. The van der Waals surface area contributed by atoms with Crippen LogP contribution in [0, 0.1) is 0 Å². The fourth-order valence-electron chi connectivity index (χ4n) is 5.55. The Morgan fingerprint density at radius 1 is 1.00 bits per heavy atom. The van der Waals surface area contributed by atoms with E-state index in [1.807, 2.05) is 18.3 Å². The van der Waals surface area contributed by atoms with Gasteiger partial charge in [-0.2, -0.15) is 5.10 Å². The van der Waals surface area contributed by atoms with Crippen molar-refractivity contribution in [2.75, 3.05) is 19.8 Å². The molecule has 2 fully saturated rings. The second kappa shape index (κ2) is 8.71. The monoisotopic (exact) mass is 462 g/mol. The van der Waals surface area contributed by atoms with Gasteiger partial charge in [0.1, 0.15) is 7.05 Å². The number of aromatic nitrogens is 3. The number of halogens is 1. The van der Waals surface area contributed by atoms with E-state index in [0.717, 1.165) is 61.4 Å². The Morgan fingerprint density at radius 3 is 2.58 bits per heavy atom. The van der Waals surface area contributed by atoms with Crippen LogP contribution < -0.4 is 4.57 Å². The summed E-state index contributed by atoms with van der Waals surface area (Å²) in [6.45, 7) is 2.44. The molecule has 2 aromatic carbocycles. The second-order valence-corrected chi connectivity index (χ2v) is 9.74. The van der Waals surface area contributed by atoms with Crippen LogP contribution >= 0.6 is 11.6 Å². The lowest BCUT2D eigenvalue weighted by molar-refractivity contribution is -0.678. The molecule has 0 aliphatic carbocycles. The molecule has 0 N–H and O–H groups in total. The van der Waals surface area contributed by atoms with Crippen LogP contribution in [0.1, 0.15) is 49.9 Å². The Labute approximate surface area is 198 Å². The highest BCUT2D eigenvalue weighted by Crippen LogP contribution is 2.39. The summed E-state index contributed by atoms with van der Waals surface area (Å²) in [5.41, 5.74) is 5.00. The van der Waals surface area contributed by atoms with E-state index in [1.165, 1.54) is 34.0 Å². The minimum atomic E-state index is 0.0275. The molecular weight excluding hydrogens is 434 g/mol. The average Bonchev–Trinajstić information content (AvgIpc) is 3.26. The largest absolute Gasteiger partial charge is 0.381 e. The quantitative estimate of drug-likeness (QED) is 0.354. The van der Waals surface area contributed by atoms with Crippen molar-refractivity contribution in [3.8, 4) is 11.1 Å². The summed E-state index contributed by atoms with van der Waals surface area (Å²) in [5.74, 6) is 0.466. The summed E-state index contributed by atoms with van der Waals surface area (Å²) in [4.78, 5) is 0. The molecule has 1 unspecified atom stereocenters. The SMILES string of the molecule is C[n+]1cc2cc3c(cnn3C3CCCCO3)cc2c(-c2ccc(Cl)cc2)c1C1CCOCC1. The number of ether oxygens (including phenoxy) is 2. The first-order valence-electron chi connectivity index (χ1n) is 12.0. The fourth-order valence-corrected chi connectivity index (χ4v) is 5.68. The van der Waals surface area contributed by atoms with Gasteiger partial charge in [0.25, 0.3) is 0 Å². The first-order valence-corrected chi connectivity index (χ1v) is 12.4. The molecule has 0 spiro atoms. The minimum Gasteiger partial charge on any atom is -0.381 e. The molecule has 2 aliphatic rings. The average molecular weight is 463 g/mol. The lowest BCUT2D eigenvalue weighted by Crippen LogP contribution is -2.37. The maximum Gasteiger partial charge on any atom is 0.192 e. The first-order chi connectivity index (χ1) is 16.2. The summed E-state index contributed by atoms with van der Waals surface area (Å²) >= 11 is 6.25. The van der Waals surface area contributed by atoms with Crippen LogP contribution in [-0.2, 0) is 16.5 Å². The van der Waals surface area contributed by atoms with Crippen molar-refractivity contribution in [2.45, 2.75) is 44.2 Å². The zero-order chi connectivity index (χ0) is 22.4. The predicted molar refractivity (Wildman–Crippen MR) is 130 cm³/mol. The number of hydrogen-bond acceptors (Lipinski definition) is 3. The van der Waals surface area contributed by atoms with Gasteiger partial charge in [0.2, 0.25) is 0 Å². The van der Waals surface area contributed by atoms with Gasteiger partial charge in [0.15, 0.2) is 18.1 Å². The van der Waals surface area contributed by atoms with Gasteiger partial charge in [-0.25, -0.2) is 9.25 Å². The van der Waals surface area contributed by atoms with Gasteiger partial charge in [-0.1, -0.05) is 23.7 Å². The summed E-state index contributed by atoms with van der Waals surface area (Å²) in [5, 5.41) is 9.12. The molecule has 4 aromatic rings. The Bertz CT molecular complexity index is 1300. The summed E-state index contributed by atoms with van der Waals surface area (Å²) < 4.78 is 16.1. The van der Waals surface area contributed by atoms with Crippen LogP contribution in [0.2, 0.25) is 5.02 Å². The molecule has 0 radical (unpaired) electrons. The molecule has 2 saturated heterocycles. The molecular formula is C27H29ClN3O2+. The van der Waals surface area contributed by atoms with E-state index in [0.29, 0.717) is 5.92 Å². The van der Waals surface area contributed by atoms with Crippen molar-refractivity contribution in [2.24, 2.45) is 7.05 Å². The Morgan fingerprint density at radius 2 is 1.82 bits per heavy atom. The number of aryl methyl sites for hydroxylation is 1. The van der Waals surface area contributed by atoms with Crippen LogP contribution in [0.15, 0.2) is 48.8 Å². The Hall–Kier alpha value is -2.47. The smallest absolute Gasteiger partial charge is 0.192 e. The third kappa shape index (κ3) is 3.82. The van der Waals surface area contributed by atoms with Crippen molar-refractivity contribution in [1.29, 1.82) is 0 Å². The summed E-state index contributed by atoms with van der Waals surface area (Å²) in [7, 11) is 2.18. The van der Waals surface area contributed by atoms with E-state index in [9.17, 15) is 0 Å². The highest BCUT2D eigenvalue weighted by Gasteiger charge is 2.30. The Balaban J connectivity index is 1.59. The van der Waals surface area contributed by atoms with Crippen molar-refractivity contribution in [3.63, 3.8) is 0 Å². The topological polar surface area (TPSA) is 40.2 Å². The van der Waals surface area contributed by atoms with Gasteiger partial charge < -0.3 is 9.47 Å². The van der Waals surface area contributed by atoms with Crippen LogP contribution in [0.5, 0.6) is 0 Å². The maximum absolute atomic E-state index is 6.25. The molecule has 0 saturated carbocycles. The number of fused-ring (bicyclic) bond motifs is 2. The number of nitrogens with zero attached hydrogens (tertiary/aromatic N) is 3. The molecule has 6 heteroatoms.